The number of carboxylic acids is 1. The Morgan fingerprint density at radius 2 is 1.73 bits per heavy atom. The SMILES string of the molecule is CC[C@H](C)[C@H](N)C(=O)N[C@@H](CCC(=O)O)C(=O)NCC(=O)N[C@@H](CCCN=C(N)N)C(=O)c1ccc2c(C)c(N)c(=O)oc2c1. The first kappa shape index (κ1) is 36.2. The number of rotatable bonds is 17. The van der Waals surface area contributed by atoms with Crippen LogP contribution in [0.3, 0.4) is 0 Å². The molecule has 246 valence electrons. The Kier molecular flexibility index (Phi) is 13.5. The smallest absolute Gasteiger partial charge is 0.359 e. The summed E-state index contributed by atoms with van der Waals surface area (Å²) in [5, 5.41) is 17.0. The number of hydrogen-bond donors (Lipinski definition) is 8. The molecule has 12 N–H and O–H groups in total. The molecule has 0 saturated carbocycles. The molecule has 0 aliphatic heterocycles. The van der Waals surface area contributed by atoms with Gasteiger partial charge in [0.05, 0.1) is 18.6 Å². The Labute approximate surface area is 259 Å². The Bertz CT molecular complexity index is 1500. The molecule has 2 aromatic rings. The van der Waals surface area contributed by atoms with Crippen LogP contribution in [0.25, 0.3) is 11.0 Å². The minimum absolute atomic E-state index is 0.0448. The van der Waals surface area contributed by atoms with Gasteiger partial charge in [0.25, 0.3) is 0 Å². The van der Waals surface area contributed by atoms with Crippen molar-refractivity contribution in [3.63, 3.8) is 0 Å². The van der Waals surface area contributed by atoms with Gasteiger partial charge in [-0.05, 0) is 43.7 Å². The highest BCUT2D eigenvalue weighted by Crippen LogP contribution is 2.23. The Hall–Kier alpha value is -4.99. The lowest BCUT2D eigenvalue weighted by molar-refractivity contribution is -0.138. The predicted molar refractivity (Wildman–Crippen MR) is 167 cm³/mol. The van der Waals surface area contributed by atoms with Crippen LogP contribution in [-0.2, 0) is 19.2 Å². The van der Waals surface area contributed by atoms with E-state index < -0.39 is 66.2 Å². The second-order valence-electron chi connectivity index (χ2n) is 10.7. The van der Waals surface area contributed by atoms with E-state index in [9.17, 15) is 28.8 Å². The first-order valence-electron chi connectivity index (χ1n) is 14.4. The maximum Gasteiger partial charge on any atom is 0.359 e. The molecule has 0 fully saturated rings. The summed E-state index contributed by atoms with van der Waals surface area (Å²) in [7, 11) is 0. The lowest BCUT2D eigenvalue weighted by atomic mass is 9.98. The Morgan fingerprint density at radius 3 is 2.36 bits per heavy atom. The van der Waals surface area contributed by atoms with Crippen molar-refractivity contribution >= 4 is 52.1 Å². The average Bonchev–Trinajstić information content (AvgIpc) is 3.00. The fourth-order valence-corrected chi connectivity index (χ4v) is 4.35. The molecule has 2 rings (SSSR count). The van der Waals surface area contributed by atoms with Crippen LogP contribution in [0.15, 0.2) is 32.4 Å². The van der Waals surface area contributed by atoms with Gasteiger partial charge in [-0.2, -0.15) is 0 Å². The van der Waals surface area contributed by atoms with Crippen molar-refractivity contribution in [1.82, 2.24) is 16.0 Å². The number of carbonyl (C=O) groups excluding carboxylic acids is 4. The average molecular weight is 631 g/mol. The summed E-state index contributed by atoms with van der Waals surface area (Å²) in [5.74, 6) is -4.19. The van der Waals surface area contributed by atoms with Crippen molar-refractivity contribution in [1.29, 1.82) is 0 Å². The first-order valence-corrected chi connectivity index (χ1v) is 14.4. The van der Waals surface area contributed by atoms with E-state index in [4.69, 9.17) is 32.5 Å². The molecule has 4 atom stereocenters. The van der Waals surface area contributed by atoms with Gasteiger partial charge in [0.2, 0.25) is 17.7 Å². The number of Topliss-reactive ketones (excluding diaryl/α,β-unsaturated/α-hetero) is 1. The molecule has 0 aliphatic carbocycles. The number of nitrogens with one attached hydrogen (secondary N) is 3. The summed E-state index contributed by atoms with van der Waals surface area (Å²) in [4.78, 5) is 78.9. The van der Waals surface area contributed by atoms with Crippen LogP contribution in [0.4, 0.5) is 5.69 Å². The Balaban J connectivity index is 2.19. The third kappa shape index (κ3) is 10.6. The van der Waals surface area contributed by atoms with Gasteiger partial charge in [-0.1, -0.05) is 32.4 Å². The second kappa shape index (κ2) is 16.7. The quantitative estimate of drug-likeness (QED) is 0.0352. The molecule has 45 heavy (non-hydrogen) atoms. The largest absolute Gasteiger partial charge is 0.481 e. The topological polar surface area (TPSA) is 288 Å². The molecule has 0 radical (unpaired) electrons. The highest BCUT2D eigenvalue weighted by atomic mass is 16.4. The summed E-state index contributed by atoms with van der Waals surface area (Å²) in [6, 6.07) is 1.19. The number of carboxylic acid groups (broad SMARTS) is 1. The van der Waals surface area contributed by atoms with Gasteiger partial charge in [-0.25, -0.2) is 4.79 Å². The third-order valence-electron chi connectivity index (χ3n) is 7.36. The lowest BCUT2D eigenvalue weighted by Gasteiger charge is -2.23. The van der Waals surface area contributed by atoms with E-state index in [2.05, 4.69) is 20.9 Å². The third-order valence-corrected chi connectivity index (χ3v) is 7.36. The number of guanidine groups is 1. The highest BCUT2D eigenvalue weighted by molar-refractivity contribution is 6.04. The van der Waals surface area contributed by atoms with Crippen LogP contribution in [0.1, 0.15) is 61.9 Å². The van der Waals surface area contributed by atoms with Gasteiger partial charge < -0.3 is 48.4 Å². The molecular formula is C29H42N8O8. The number of aliphatic carboxylic acids is 1. The van der Waals surface area contributed by atoms with E-state index in [-0.39, 0.29) is 48.1 Å². The number of nitrogens with zero attached hydrogens (tertiary/aromatic N) is 1. The van der Waals surface area contributed by atoms with Crippen molar-refractivity contribution in [2.75, 3.05) is 18.8 Å². The van der Waals surface area contributed by atoms with E-state index >= 15 is 0 Å². The van der Waals surface area contributed by atoms with E-state index in [0.29, 0.717) is 23.8 Å². The number of nitrogens with two attached hydrogens (primary N) is 4. The number of anilines is 1. The van der Waals surface area contributed by atoms with Crippen molar-refractivity contribution in [3.05, 3.63) is 39.7 Å². The summed E-state index contributed by atoms with van der Waals surface area (Å²) in [6.07, 6.45) is 0.362. The molecule has 1 heterocycles. The van der Waals surface area contributed by atoms with Crippen LogP contribution < -0.4 is 44.5 Å². The molecule has 0 spiro atoms. The summed E-state index contributed by atoms with van der Waals surface area (Å²) < 4.78 is 5.25. The van der Waals surface area contributed by atoms with Crippen molar-refractivity contribution in [3.8, 4) is 0 Å². The molecule has 1 aromatic heterocycles. The van der Waals surface area contributed by atoms with Crippen molar-refractivity contribution in [2.45, 2.75) is 71.0 Å². The number of hydrogen-bond acceptors (Lipinski definition) is 10. The number of ketones is 1. The van der Waals surface area contributed by atoms with Gasteiger partial charge in [-0.15, -0.1) is 0 Å². The normalized spacial score (nSPS) is 13.6. The molecular weight excluding hydrogens is 588 g/mol. The second-order valence-corrected chi connectivity index (χ2v) is 10.7. The van der Waals surface area contributed by atoms with Gasteiger partial charge >= 0.3 is 11.6 Å². The number of carbonyl (C=O) groups is 5. The number of nitrogen functional groups attached to an aromatic ring is 1. The van der Waals surface area contributed by atoms with Crippen LogP contribution in [0.5, 0.6) is 0 Å². The fraction of sp³-hybridized carbons (Fsp3) is 0.483. The fourth-order valence-electron chi connectivity index (χ4n) is 4.35. The standard InChI is InChI=1S/C29H42N8O8/c1-4-14(2)23(30)27(43)37-19(9-10-22(39)40)26(42)35-13-21(38)36-18(6-5-11-34-29(32)33)25(41)16-7-8-17-15(3)24(31)28(44)45-20(17)12-16/h7-8,12,14,18-19,23H,4-6,9-11,13,30-31H2,1-3H3,(H,35,42)(H,36,38)(H,37,43)(H,39,40)(H4,32,33,34)/t14-,18-,19-,23-/m0/s1. The van der Waals surface area contributed by atoms with Crippen molar-refractivity contribution < 1.29 is 33.5 Å². The number of aliphatic imine (C=N–C) groups is 1. The predicted octanol–water partition coefficient (Wildman–Crippen LogP) is -0.756. The van der Waals surface area contributed by atoms with Crippen LogP contribution in [0, 0.1) is 12.8 Å². The first-order chi connectivity index (χ1) is 21.2. The van der Waals surface area contributed by atoms with Crippen LogP contribution in [-0.4, -0.2) is 71.8 Å². The zero-order chi connectivity index (χ0) is 33.8. The van der Waals surface area contributed by atoms with E-state index in [1.54, 1.807) is 19.9 Å². The molecule has 3 amide bonds. The minimum atomic E-state index is -1.27. The summed E-state index contributed by atoms with van der Waals surface area (Å²) in [5.41, 5.74) is 22.4. The number of aryl methyl sites for hydroxylation is 1. The minimum Gasteiger partial charge on any atom is -0.481 e. The molecule has 0 bridgehead atoms. The van der Waals surface area contributed by atoms with Gasteiger partial charge in [0.15, 0.2) is 11.7 Å². The van der Waals surface area contributed by atoms with Crippen LogP contribution >= 0.6 is 0 Å². The number of benzene rings is 1. The molecule has 0 aliphatic rings. The zero-order valence-electron chi connectivity index (χ0n) is 25.6. The van der Waals surface area contributed by atoms with Gasteiger partial charge in [0, 0.05) is 23.9 Å². The molecule has 0 unspecified atom stereocenters. The van der Waals surface area contributed by atoms with Crippen molar-refractivity contribution in [2.24, 2.45) is 28.1 Å². The number of fused-ring (bicyclic) bond motifs is 1. The molecule has 16 heteroatoms. The maximum absolute atomic E-state index is 13.5. The van der Waals surface area contributed by atoms with Gasteiger partial charge in [-0.3, -0.25) is 29.0 Å². The molecule has 16 nitrogen and oxygen atoms in total. The summed E-state index contributed by atoms with van der Waals surface area (Å²) >= 11 is 0. The zero-order valence-corrected chi connectivity index (χ0v) is 25.6. The van der Waals surface area contributed by atoms with Crippen LogP contribution in [0.2, 0.25) is 0 Å². The number of amides is 3. The summed E-state index contributed by atoms with van der Waals surface area (Å²) in [6.45, 7) is 4.85. The molecule has 0 saturated heterocycles. The maximum atomic E-state index is 13.5. The van der Waals surface area contributed by atoms with E-state index in [0.717, 1.165) is 0 Å². The lowest BCUT2D eigenvalue weighted by Crippen LogP contribution is -2.54. The molecule has 1 aromatic carbocycles. The Morgan fingerprint density at radius 1 is 1.04 bits per heavy atom. The highest BCUT2D eigenvalue weighted by Gasteiger charge is 2.28. The van der Waals surface area contributed by atoms with Gasteiger partial charge in [0.1, 0.15) is 17.3 Å². The van der Waals surface area contributed by atoms with E-state index in [1.807, 2.05) is 6.92 Å². The monoisotopic (exact) mass is 630 g/mol. The van der Waals surface area contributed by atoms with E-state index in [1.165, 1.54) is 12.1 Å².